The van der Waals surface area contributed by atoms with Crippen molar-refractivity contribution in [2.45, 2.75) is 18.8 Å². The smallest absolute Gasteiger partial charge is 0.269 e. The number of rotatable bonds is 5. The molecule has 0 atom stereocenters. The van der Waals surface area contributed by atoms with Crippen LogP contribution in [-0.4, -0.2) is 21.1 Å². The summed E-state index contributed by atoms with van der Waals surface area (Å²) in [7, 11) is 0. The molecule has 1 amide bonds. The van der Waals surface area contributed by atoms with E-state index in [0.29, 0.717) is 21.6 Å². The van der Waals surface area contributed by atoms with Gasteiger partial charge in [-0.05, 0) is 12.8 Å². The lowest BCUT2D eigenvalue weighted by Crippen LogP contribution is -2.11. The minimum absolute atomic E-state index is 0.197. The van der Waals surface area contributed by atoms with E-state index in [0.717, 1.165) is 34.0 Å². The van der Waals surface area contributed by atoms with Gasteiger partial charge in [0.15, 0.2) is 0 Å². The van der Waals surface area contributed by atoms with Crippen LogP contribution in [0.4, 0.5) is 5.13 Å². The first-order valence-electron chi connectivity index (χ1n) is 9.04. The van der Waals surface area contributed by atoms with E-state index in [-0.39, 0.29) is 5.91 Å². The molecule has 1 aliphatic rings. The molecular formula is C21H16N4OS2. The molecule has 4 aromatic rings. The average Bonchev–Trinajstić information content (AvgIpc) is 3.32. The number of thiazole rings is 1. The normalized spacial score (nSPS) is 13.4. The largest absolute Gasteiger partial charge is 0.296 e. The third-order valence-electron chi connectivity index (χ3n) is 4.49. The van der Waals surface area contributed by atoms with Crippen molar-refractivity contribution in [3.63, 3.8) is 0 Å². The molecule has 0 aliphatic heterocycles. The fourth-order valence-electron chi connectivity index (χ4n) is 2.90. The van der Waals surface area contributed by atoms with Gasteiger partial charge in [0, 0.05) is 17.0 Å². The second-order valence-corrected chi connectivity index (χ2v) is 8.61. The Balaban J connectivity index is 1.50. The Morgan fingerprint density at radius 3 is 2.25 bits per heavy atom. The van der Waals surface area contributed by atoms with Gasteiger partial charge >= 0.3 is 0 Å². The van der Waals surface area contributed by atoms with Crippen molar-refractivity contribution >= 4 is 33.7 Å². The van der Waals surface area contributed by atoms with E-state index in [9.17, 15) is 4.79 Å². The Morgan fingerprint density at radius 2 is 1.57 bits per heavy atom. The molecule has 0 bridgehead atoms. The van der Waals surface area contributed by atoms with Gasteiger partial charge < -0.3 is 0 Å². The molecular weight excluding hydrogens is 388 g/mol. The van der Waals surface area contributed by atoms with Gasteiger partial charge in [-0.3, -0.25) is 10.1 Å². The molecule has 5 rings (SSSR count). The van der Waals surface area contributed by atoms with Gasteiger partial charge in [-0.2, -0.15) is 0 Å². The van der Waals surface area contributed by atoms with Gasteiger partial charge in [-0.1, -0.05) is 72.0 Å². The summed E-state index contributed by atoms with van der Waals surface area (Å²) in [5.41, 5.74) is 2.60. The molecule has 138 valence electrons. The lowest BCUT2D eigenvalue weighted by Gasteiger charge is -2.02. The molecule has 0 unspecified atom stereocenters. The summed E-state index contributed by atoms with van der Waals surface area (Å²) < 4.78 is 0. The van der Waals surface area contributed by atoms with Crippen LogP contribution in [0.3, 0.4) is 0 Å². The summed E-state index contributed by atoms with van der Waals surface area (Å²) in [6.45, 7) is 0. The number of aromatic nitrogens is 3. The Kier molecular flexibility index (Phi) is 4.46. The number of benzene rings is 2. The number of nitrogens with zero attached hydrogens (tertiary/aromatic N) is 3. The van der Waals surface area contributed by atoms with Gasteiger partial charge in [0.2, 0.25) is 5.13 Å². The third kappa shape index (κ3) is 3.46. The zero-order chi connectivity index (χ0) is 18.9. The zero-order valence-corrected chi connectivity index (χ0v) is 16.5. The minimum Gasteiger partial charge on any atom is -0.296 e. The monoisotopic (exact) mass is 404 g/mol. The van der Waals surface area contributed by atoms with Crippen molar-refractivity contribution < 1.29 is 4.79 Å². The summed E-state index contributed by atoms with van der Waals surface area (Å²) in [5.74, 6) is 0.327. The Hall–Kier alpha value is -2.90. The van der Waals surface area contributed by atoms with E-state index in [1.807, 2.05) is 60.7 Å². The van der Waals surface area contributed by atoms with Crippen LogP contribution < -0.4 is 5.32 Å². The summed E-state index contributed by atoms with van der Waals surface area (Å²) >= 11 is 2.85. The summed E-state index contributed by atoms with van der Waals surface area (Å²) in [4.78, 5) is 18.4. The van der Waals surface area contributed by atoms with Gasteiger partial charge in [-0.15, -0.1) is 21.5 Å². The lowest BCUT2D eigenvalue weighted by molar-refractivity contribution is 0.103. The lowest BCUT2D eigenvalue weighted by atomic mass is 10.1. The van der Waals surface area contributed by atoms with Crippen LogP contribution in [0, 0.1) is 0 Å². The highest BCUT2D eigenvalue weighted by Gasteiger charge is 2.28. The van der Waals surface area contributed by atoms with Crippen LogP contribution in [0.15, 0.2) is 60.7 Å². The number of amides is 1. The second-order valence-electron chi connectivity index (χ2n) is 6.60. The molecule has 1 aliphatic carbocycles. The highest BCUT2D eigenvalue weighted by molar-refractivity contribution is 7.18. The number of carbonyl (C=O) groups is 1. The van der Waals surface area contributed by atoms with E-state index in [2.05, 4.69) is 15.5 Å². The topological polar surface area (TPSA) is 67.8 Å². The maximum absolute atomic E-state index is 13.0. The van der Waals surface area contributed by atoms with Crippen molar-refractivity contribution in [1.29, 1.82) is 0 Å². The van der Waals surface area contributed by atoms with Crippen LogP contribution in [-0.2, 0) is 0 Å². The first-order chi connectivity index (χ1) is 13.8. The summed E-state index contributed by atoms with van der Waals surface area (Å²) in [6.07, 6.45) is 2.33. The molecule has 1 saturated carbocycles. The first kappa shape index (κ1) is 17.2. The van der Waals surface area contributed by atoms with Crippen LogP contribution in [0.1, 0.15) is 33.4 Å². The van der Waals surface area contributed by atoms with Crippen LogP contribution in [0.25, 0.3) is 21.8 Å². The number of hydrogen-bond acceptors (Lipinski definition) is 6. The van der Waals surface area contributed by atoms with Crippen molar-refractivity contribution in [1.82, 2.24) is 15.2 Å². The van der Waals surface area contributed by atoms with Crippen LogP contribution in [0.2, 0.25) is 0 Å². The van der Waals surface area contributed by atoms with Gasteiger partial charge in [-0.25, -0.2) is 4.98 Å². The highest BCUT2D eigenvalue weighted by atomic mass is 32.1. The summed E-state index contributed by atoms with van der Waals surface area (Å²) in [6, 6.07) is 19.7. The van der Waals surface area contributed by atoms with E-state index >= 15 is 0 Å². The minimum atomic E-state index is -0.197. The summed E-state index contributed by atoms with van der Waals surface area (Å²) in [5, 5.41) is 13.6. The van der Waals surface area contributed by atoms with E-state index in [4.69, 9.17) is 4.98 Å². The van der Waals surface area contributed by atoms with Crippen molar-refractivity contribution in [3.8, 4) is 21.8 Å². The van der Waals surface area contributed by atoms with E-state index in [1.165, 1.54) is 22.7 Å². The molecule has 7 heteroatoms. The molecule has 5 nitrogen and oxygen atoms in total. The fourth-order valence-corrected chi connectivity index (χ4v) is 4.80. The van der Waals surface area contributed by atoms with E-state index in [1.54, 1.807) is 0 Å². The van der Waals surface area contributed by atoms with Crippen molar-refractivity contribution in [2.24, 2.45) is 0 Å². The molecule has 0 radical (unpaired) electrons. The van der Waals surface area contributed by atoms with Gasteiger partial charge in [0.25, 0.3) is 5.91 Å². The Morgan fingerprint density at radius 1 is 0.893 bits per heavy atom. The molecule has 28 heavy (non-hydrogen) atoms. The molecule has 2 heterocycles. The van der Waals surface area contributed by atoms with E-state index < -0.39 is 0 Å². The SMILES string of the molecule is O=C(Nc1nnc(C2CC2)s1)c1sc(-c2ccccc2)nc1-c1ccccc1. The van der Waals surface area contributed by atoms with Crippen molar-refractivity contribution in [2.75, 3.05) is 5.32 Å². The standard InChI is InChI=1S/C21H16N4OS2/c26-18(23-21-25-24-20(28-21)15-11-12-15)17-16(13-7-3-1-4-8-13)22-19(27-17)14-9-5-2-6-10-14/h1-10,15H,11-12H2,(H,23,25,26). The molecule has 1 fully saturated rings. The number of anilines is 1. The predicted molar refractivity (Wildman–Crippen MR) is 113 cm³/mol. The maximum Gasteiger partial charge on any atom is 0.269 e. The van der Waals surface area contributed by atoms with Crippen LogP contribution >= 0.6 is 22.7 Å². The van der Waals surface area contributed by atoms with Gasteiger partial charge in [0.05, 0.1) is 5.69 Å². The first-order valence-corrected chi connectivity index (χ1v) is 10.7. The molecule has 1 N–H and O–H groups in total. The molecule has 0 saturated heterocycles. The second kappa shape index (κ2) is 7.26. The molecule has 0 spiro atoms. The Labute approximate surface area is 170 Å². The Bertz CT molecular complexity index is 1120. The molecule has 2 aromatic carbocycles. The molecule has 2 aromatic heterocycles. The highest BCUT2D eigenvalue weighted by Crippen LogP contribution is 2.42. The quantitative estimate of drug-likeness (QED) is 0.480. The number of nitrogens with one attached hydrogen (secondary N) is 1. The maximum atomic E-state index is 13.0. The third-order valence-corrected chi connectivity index (χ3v) is 6.59. The fraction of sp³-hybridized carbons (Fsp3) is 0.143. The average molecular weight is 405 g/mol. The van der Waals surface area contributed by atoms with Gasteiger partial charge in [0.1, 0.15) is 14.9 Å². The van der Waals surface area contributed by atoms with Crippen molar-refractivity contribution in [3.05, 3.63) is 70.5 Å². The predicted octanol–water partition coefficient (Wildman–Crippen LogP) is 5.46. The zero-order valence-electron chi connectivity index (χ0n) is 14.8. The number of carbonyl (C=O) groups excluding carboxylic acids is 1. The number of hydrogen-bond donors (Lipinski definition) is 1. The van der Waals surface area contributed by atoms with Crippen LogP contribution in [0.5, 0.6) is 0 Å².